The number of benzene rings is 2. The van der Waals surface area contributed by atoms with Crippen molar-refractivity contribution in [3.8, 4) is 0 Å². The number of amides is 1. The van der Waals surface area contributed by atoms with E-state index in [9.17, 15) is 4.79 Å². The summed E-state index contributed by atoms with van der Waals surface area (Å²) < 4.78 is 6.35. The van der Waals surface area contributed by atoms with Crippen LogP contribution in [0.3, 0.4) is 0 Å². The second kappa shape index (κ2) is 7.63. The molecule has 0 fully saturated rings. The molecule has 0 unspecified atom stereocenters. The number of nitrogens with one attached hydrogen (secondary N) is 1. The van der Waals surface area contributed by atoms with E-state index < -0.39 is 0 Å². The lowest BCUT2D eigenvalue weighted by Crippen LogP contribution is -2.11. The summed E-state index contributed by atoms with van der Waals surface area (Å²) in [5, 5.41) is 10.8. The molecule has 0 aliphatic rings. The van der Waals surface area contributed by atoms with Crippen molar-refractivity contribution in [1.29, 1.82) is 0 Å². The van der Waals surface area contributed by atoms with Crippen LogP contribution < -0.4 is 5.32 Å². The molecule has 0 atom stereocenters. The van der Waals surface area contributed by atoms with Gasteiger partial charge in [-0.05, 0) is 36.8 Å². The predicted molar refractivity (Wildman–Crippen MR) is 97.1 cm³/mol. The number of anilines is 1. The first-order valence-electron chi connectivity index (χ1n) is 7.19. The molecule has 3 aromatic rings. The first kappa shape index (κ1) is 16.7. The van der Waals surface area contributed by atoms with Crippen molar-refractivity contribution >= 4 is 39.6 Å². The molecular weight excluding hydrogens is 390 g/mol. The summed E-state index contributed by atoms with van der Waals surface area (Å²) in [6, 6.07) is 15.4. The monoisotopic (exact) mass is 403 g/mol. The smallest absolute Gasteiger partial charge is 0.323 e. The van der Waals surface area contributed by atoms with Gasteiger partial charge in [0.1, 0.15) is 0 Å². The Kier molecular flexibility index (Phi) is 5.32. The second-order valence-electron chi connectivity index (χ2n) is 5.11. The minimum atomic E-state index is -0.291. The molecule has 1 heterocycles. The van der Waals surface area contributed by atoms with Gasteiger partial charge < -0.3 is 4.42 Å². The van der Waals surface area contributed by atoms with E-state index in [0.717, 1.165) is 10.2 Å². The lowest BCUT2D eigenvalue weighted by Gasteiger charge is -2.00. The summed E-state index contributed by atoms with van der Waals surface area (Å²) in [5.74, 6) is 0.434. The minimum Gasteiger partial charge on any atom is -0.398 e. The van der Waals surface area contributed by atoms with Crippen LogP contribution in [0.15, 0.2) is 62.6 Å². The Morgan fingerprint density at radius 2 is 1.83 bits per heavy atom. The Morgan fingerprint density at radius 1 is 1.12 bits per heavy atom. The number of rotatable bonds is 5. The molecule has 0 aliphatic carbocycles. The summed E-state index contributed by atoms with van der Waals surface area (Å²) in [7, 11) is 0. The van der Waals surface area contributed by atoms with Crippen molar-refractivity contribution in [2.45, 2.75) is 17.9 Å². The zero-order valence-electron chi connectivity index (χ0n) is 12.8. The summed E-state index contributed by atoms with van der Waals surface area (Å²) in [6.07, 6.45) is 0. The molecule has 1 N–H and O–H groups in total. The van der Waals surface area contributed by atoms with Gasteiger partial charge in [-0.2, -0.15) is 0 Å². The van der Waals surface area contributed by atoms with Crippen molar-refractivity contribution in [2.75, 3.05) is 5.32 Å². The molecule has 7 heteroatoms. The highest BCUT2D eigenvalue weighted by molar-refractivity contribution is 9.10. The fraction of sp³-hybridized carbons (Fsp3) is 0.118. The quantitative estimate of drug-likeness (QED) is 0.626. The van der Waals surface area contributed by atoms with Crippen molar-refractivity contribution < 1.29 is 9.21 Å². The van der Waals surface area contributed by atoms with Gasteiger partial charge in [0.25, 0.3) is 11.1 Å². The van der Waals surface area contributed by atoms with Gasteiger partial charge >= 0.3 is 6.01 Å². The fourth-order valence-corrected chi connectivity index (χ4v) is 2.90. The van der Waals surface area contributed by atoms with Crippen LogP contribution in [0.25, 0.3) is 0 Å². The number of nitrogens with zero attached hydrogens (tertiary/aromatic N) is 2. The largest absolute Gasteiger partial charge is 0.398 e. The van der Waals surface area contributed by atoms with E-state index in [2.05, 4.69) is 62.6 Å². The van der Waals surface area contributed by atoms with Crippen LogP contribution in [-0.2, 0) is 5.75 Å². The van der Waals surface area contributed by atoms with Crippen LogP contribution in [0.1, 0.15) is 21.5 Å². The lowest BCUT2D eigenvalue weighted by molar-refractivity contribution is 0.102. The number of carbonyl (C=O) groups is 1. The van der Waals surface area contributed by atoms with Gasteiger partial charge in [0.05, 0.1) is 0 Å². The number of halogens is 1. The van der Waals surface area contributed by atoms with Gasteiger partial charge in [-0.3, -0.25) is 10.1 Å². The third kappa shape index (κ3) is 4.46. The average molecular weight is 404 g/mol. The molecule has 0 saturated carbocycles. The normalized spacial score (nSPS) is 10.6. The first-order valence-corrected chi connectivity index (χ1v) is 8.97. The second-order valence-corrected chi connectivity index (χ2v) is 6.95. The highest BCUT2D eigenvalue weighted by Gasteiger charge is 2.12. The molecule has 122 valence electrons. The van der Waals surface area contributed by atoms with Crippen LogP contribution in [0, 0.1) is 6.92 Å². The third-order valence-corrected chi connectivity index (χ3v) is 4.63. The van der Waals surface area contributed by atoms with Gasteiger partial charge in [-0.1, -0.05) is 67.7 Å². The first-order chi connectivity index (χ1) is 11.6. The summed E-state index contributed by atoms with van der Waals surface area (Å²) in [4.78, 5) is 12.1. The maximum absolute atomic E-state index is 12.1. The molecule has 0 radical (unpaired) electrons. The maximum Gasteiger partial charge on any atom is 0.323 e. The third-order valence-electron chi connectivity index (χ3n) is 3.22. The van der Waals surface area contributed by atoms with Gasteiger partial charge in [0.2, 0.25) is 0 Å². The predicted octanol–water partition coefficient (Wildman–Crippen LogP) is 4.69. The highest BCUT2D eigenvalue weighted by Crippen LogP contribution is 2.23. The fourth-order valence-electron chi connectivity index (χ4n) is 1.92. The number of hydrogen-bond donors (Lipinski definition) is 1. The van der Waals surface area contributed by atoms with Crippen molar-refractivity contribution in [1.82, 2.24) is 10.2 Å². The van der Waals surface area contributed by atoms with Crippen molar-refractivity contribution in [3.63, 3.8) is 0 Å². The van der Waals surface area contributed by atoms with Crippen molar-refractivity contribution in [3.05, 3.63) is 69.7 Å². The number of carbonyl (C=O) groups excluding carboxylic acids is 1. The molecule has 1 amide bonds. The van der Waals surface area contributed by atoms with Crippen molar-refractivity contribution in [2.24, 2.45) is 0 Å². The highest BCUT2D eigenvalue weighted by atomic mass is 79.9. The van der Waals surface area contributed by atoms with E-state index in [1.807, 2.05) is 0 Å². The Balaban J connectivity index is 1.58. The van der Waals surface area contributed by atoms with E-state index in [-0.39, 0.29) is 11.9 Å². The van der Waals surface area contributed by atoms with E-state index in [1.54, 1.807) is 24.3 Å². The summed E-state index contributed by atoms with van der Waals surface area (Å²) in [6.45, 7) is 2.05. The molecule has 5 nitrogen and oxygen atoms in total. The summed E-state index contributed by atoms with van der Waals surface area (Å²) in [5.41, 5.74) is 2.91. The topological polar surface area (TPSA) is 68.0 Å². The molecule has 1 aromatic heterocycles. The zero-order chi connectivity index (χ0) is 16.9. The van der Waals surface area contributed by atoms with E-state index in [4.69, 9.17) is 4.42 Å². The van der Waals surface area contributed by atoms with Gasteiger partial charge in [-0.15, -0.1) is 0 Å². The Bertz CT molecular complexity index is 832. The average Bonchev–Trinajstić information content (AvgIpc) is 3.02. The zero-order valence-corrected chi connectivity index (χ0v) is 15.2. The van der Waals surface area contributed by atoms with Gasteiger partial charge in [0.15, 0.2) is 0 Å². The standard InChI is InChI=1S/C17H14BrN3O2S/c1-11-2-4-12(5-3-11)10-24-17-21-20-16(23-17)19-15(22)13-6-8-14(18)9-7-13/h2-9H,10H2,1H3,(H,19,20,22). The van der Waals surface area contributed by atoms with Crippen LogP contribution >= 0.6 is 27.7 Å². The molecular formula is C17H14BrN3O2S. The molecule has 0 spiro atoms. The lowest BCUT2D eigenvalue weighted by atomic mass is 10.2. The number of aryl methyl sites for hydroxylation is 1. The van der Waals surface area contributed by atoms with E-state index in [0.29, 0.717) is 10.8 Å². The molecule has 0 saturated heterocycles. The SMILES string of the molecule is Cc1ccc(CSc2nnc(NC(=O)c3ccc(Br)cc3)o2)cc1. The summed E-state index contributed by atoms with van der Waals surface area (Å²) >= 11 is 4.76. The number of thioether (sulfide) groups is 1. The number of aromatic nitrogens is 2. The molecule has 0 aliphatic heterocycles. The molecule has 0 bridgehead atoms. The molecule has 24 heavy (non-hydrogen) atoms. The van der Waals surface area contributed by atoms with Gasteiger partial charge in [-0.25, -0.2) is 0 Å². The number of hydrogen-bond acceptors (Lipinski definition) is 5. The van der Waals surface area contributed by atoms with Crippen LogP contribution in [0.4, 0.5) is 6.01 Å². The Labute approximate surface area is 152 Å². The minimum absolute atomic E-state index is 0.0920. The van der Waals surface area contributed by atoms with E-state index >= 15 is 0 Å². The molecule has 2 aromatic carbocycles. The van der Waals surface area contributed by atoms with Crippen LogP contribution in [-0.4, -0.2) is 16.1 Å². The molecule has 3 rings (SSSR count). The Hall–Kier alpha value is -2.12. The van der Waals surface area contributed by atoms with Crippen LogP contribution in [0.2, 0.25) is 0 Å². The Morgan fingerprint density at radius 3 is 2.54 bits per heavy atom. The van der Waals surface area contributed by atoms with Crippen LogP contribution in [0.5, 0.6) is 0 Å². The maximum atomic E-state index is 12.1. The van der Waals surface area contributed by atoms with Gasteiger partial charge in [0, 0.05) is 15.8 Å². The van der Waals surface area contributed by atoms with E-state index in [1.165, 1.54) is 22.9 Å².